The zero-order valence-corrected chi connectivity index (χ0v) is 12.8. The molecular formula is C16H21NO4. The van der Waals surface area contributed by atoms with Gasteiger partial charge in [-0.15, -0.1) is 0 Å². The van der Waals surface area contributed by atoms with Crippen LogP contribution < -0.4 is 19.5 Å². The molecular weight excluding hydrogens is 270 g/mol. The van der Waals surface area contributed by atoms with E-state index in [1.807, 2.05) is 31.2 Å². The number of rotatable bonds is 7. The molecule has 1 aromatic heterocycles. The fourth-order valence-electron chi connectivity index (χ4n) is 2.20. The highest BCUT2D eigenvalue weighted by molar-refractivity contribution is 5.55. The lowest BCUT2D eigenvalue weighted by Gasteiger charge is -2.17. The van der Waals surface area contributed by atoms with E-state index in [1.54, 1.807) is 27.6 Å². The van der Waals surface area contributed by atoms with Crippen LogP contribution in [0.15, 0.2) is 34.9 Å². The molecule has 0 amide bonds. The van der Waals surface area contributed by atoms with Crippen LogP contribution in [-0.4, -0.2) is 21.3 Å². The number of ether oxygens (including phenoxy) is 3. The Hall–Kier alpha value is -2.14. The van der Waals surface area contributed by atoms with Crippen LogP contribution >= 0.6 is 0 Å². The van der Waals surface area contributed by atoms with Crippen molar-refractivity contribution >= 4 is 0 Å². The maximum absolute atomic E-state index is 5.46. The molecule has 1 atom stereocenters. The van der Waals surface area contributed by atoms with E-state index in [0.29, 0.717) is 23.8 Å². The average molecular weight is 291 g/mol. The van der Waals surface area contributed by atoms with Crippen molar-refractivity contribution in [3.63, 3.8) is 0 Å². The summed E-state index contributed by atoms with van der Waals surface area (Å²) in [5, 5.41) is 3.39. The lowest BCUT2D eigenvalue weighted by Crippen LogP contribution is -2.18. The summed E-state index contributed by atoms with van der Waals surface area (Å²) in [5.74, 6) is 2.83. The quantitative estimate of drug-likeness (QED) is 0.849. The number of nitrogens with one attached hydrogen (secondary N) is 1. The largest absolute Gasteiger partial charge is 0.493 e. The third kappa shape index (κ3) is 3.31. The zero-order chi connectivity index (χ0) is 15.2. The Morgan fingerprint density at radius 1 is 1.05 bits per heavy atom. The first-order valence-electron chi connectivity index (χ1n) is 6.75. The molecule has 1 heterocycles. The normalized spacial score (nSPS) is 12.0. The standard InChI is InChI=1S/C16H21NO4/c1-11(13-6-5-9-21-13)17-10-12-7-8-14(18-2)16(20-4)15(12)19-3/h5-9,11,17H,10H2,1-4H3/t11-/m1/s1. The molecule has 2 rings (SSSR count). The van der Waals surface area contributed by atoms with E-state index in [-0.39, 0.29) is 6.04 Å². The van der Waals surface area contributed by atoms with E-state index in [4.69, 9.17) is 18.6 Å². The van der Waals surface area contributed by atoms with Crippen LogP contribution in [0.2, 0.25) is 0 Å². The Bertz CT molecular complexity index is 566. The lowest BCUT2D eigenvalue weighted by molar-refractivity contribution is 0.321. The van der Waals surface area contributed by atoms with Crippen molar-refractivity contribution in [1.29, 1.82) is 0 Å². The molecule has 0 saturated heterocycles. The Balaban J connectivity index is 2.16. The van der Waals surface area contributed by atoms with Crippen molar-refractivity contribution < 1.29 is 18.6 Å². The number of benzene rings is 1. The molecule has 0 fully saturated rings. The van der Waals surface area contributed by atoms with E-state index in [2.05, 4.69) is 5.32 Å². The summed E-state index contributed by atoms with van der Waals surface area (Å²) in [6.45, 7) is 2.68. The van der Waals surface area contributed by atoms with Gasteiger partial charge < -0.3 is 23.9 Å². The molecule has 0 unspecified atom stereocenters. The molecule has 21 heavy (non-hydrogen) atoms. The zero-order valence-electron chi connectivity index (χ0n) is 12.8. The average Bonchev–Trinajstić information content (AvgIpc) is 3.05. The Morgan fingerprint density at radius 2 is 1.81 bits per heavy atom. The Labute approximate surface area is 124 Å². The second-order valence-corrected chi connectivity index (χ2v) is 4.61. The minimum absolute atomic E-state index is 0.109. The second kappa shape index (κ2) is 7.04. The molecule has 1 aromatic carbocycles. The van der Waals surface area contributed by atoms with Crippen LogP contribution in [0.1, 0.15) is 24.3 Å². The van der Waals surface area contributed by atoms with Gasteiger partial charge in [0.15, 0.2) is 11.5 Å². The topological polar surface area (TPSA) is 52.9 Å². The number of furan rings is 1. The maximum atomic E-state index is 5.46. The Kier molecular flexibility index (Phi) is 5.11. The molecule has 2 aromatic rings. The van der Waals surface area contributed by atoms with Crippen molar-refractivity contribution in [2.45, 2.75) is 19.5 Å². The number of hydrogen-bond donors (Lipinski definition) is 1. The maximum Gasteiger partial charge on any atom is 0.203 e. The molecule has 5 heteroatoms. The van der Waals surface area contributed by atoms with Crippen LogP contribution in [0.5, 0.6) is 17.2 Å². The predicted molar refractivity (Wildman–Crippen MR) is 80.1 cm³/mol. The van der Waals surface area contributed by atoms with Gasteiger partial charge in [-0.25, -0.2) is 0 Å². The summed E-state index contributed by atoms with van der Waals surface area (Å²) in [5.41, 5.74) is 0.994. The SMILES string of the molecule is COc1ccc(CN[C@H](C)c2ccco2)c(OC)c1OC. The minimum atomic E-state index is 0.109. The molecule has 5 nitrogen and oxygen atoms in total. The van der Waals surface area contributed by atoms with Gasteiger partial charge in [0, 0.05) is 12.1 Å². The Morgan fingerprint density at radius 3 is 2.38 bits per heavy atom. The monoisotopic (exact) mass is 291 g/mol. The molecule has 0 spiro atoms. The van der Waals surface area contributed by atoms with Gasteiger partial charge in [0.05, 0.1) is 33.6 Å². The highest BCUT2D eigenvalue weighted by Gasteiger charge is 2.16. The van der Waals surface area contributed by atoms with E-state index < -0.39 is 0 Å². The smallest absolute Gasteiger partial charge is 0.203 e. The van der Waals surface area contributed by atoms with Crippen LogP contribution in [-0.2, 0) is 6.54 Å². The van der Waals surface area contributed by atoms with E-state index in [9.17, 15) is 0 Å². The third-order valence-electron chi connectivity index (χ3n) is 3.35. The highest BCUT2D eigenvalue weighted by Crippen LogP contribution is 2.39. The van der Waals surface area contributed by atoms with Crippen molar-refractivity contribution in [2.75, 3.05) is 21.3 Å². The van der Waals surface area contributed by atoms with Gasteiger partial charge in [-0.2, -0.15) is 0 Å². The summed E-state index contributed by atoms with van der Waals surface area (Å²) < 4.78 is 21.5. The van der Waals surface area contributed by atoms with Gasteiger partial charge in [-0.3, -0.25) is 0 Å². The van der Waals surface area contributed by atoms with Gasteiger partial charge in [0.1, 0.15) is 5.76 Å². The van der Waals surface area contributed by atoms with Crippen LogP contribution in [0.25, 0.3) is 0 Å². The summed E-state index contributed by atoms with van der Waals surface area (Å²) in [6.07, 6.45) is 1.67. The summed E-state index contributed by atoms with van der Waals surface area (Å²) >= 11 is 0. The van der Waals surface area contributed by atoms with E-state index in [0.717, 1.165) is 11.3 Å². The molecule has 0 bridgehead atoms. The van der Waals surface area contributed by atoms with Gasteiger partial charge in [0.2, 0.25) is 5.75 Å². The fraction of sp³-hybridized carbons (Fsp3) is 0.375. The first-order valence-corrected chi connectivity index (χ1v) is 6.75. The molecule has 0 saturated carbocycles. The van der Waals surface area contributed by atoms with Crippen LogP contribution in [0, 0.1) is 0 Å². The lowest BCUT2D eigenvalue weighted by atomic mass is 10.1. The first-order chi connectivity index (χ1) is 10.2. The first kappa shape index (κ1) is 15.3. The van der Waals surface area contributed by atoms with Crippen molar-refractivity contribution in [3.8, 4) is 17.2 Å². The van der Waals surface area contributed by atoms with Gasteiger partial charge in [0.25, 0.3) is 0 Å². The van der Waals surface area contributed by atoms with Crippen molar-refractivity contribution in [2.24, 2.45) is 0 Å². The van der Waals surface area contributed by atoms with Crippen LogP contribution in [0.3, 0.4) is 0 Å². The second-order valence-electron chi connectivity index (χ2n) is 4.61. The summed E-state index contributed by atoms with van der Waals surface area (Å²) in [6, 6.07) is 7.77. The van der Waals surface area contributed by atoms with Gasteiger partial charge in [-0.1, -0.05) is 6.07 Å². The summed E-state index contributed by atoms with van der Waals surface area (Å²) in [7, 11) is 4.83. The van der Waals surface area contributed by atoms with Crippen molar-refractivity contribution in [3.05, 3.63) is 41.9 Å². The highest BCUT2D eigenvalue weighted by atomic mass is 16.5. The molecule has 0 aliphatic heterocycles. The minimum Gasteiger partial charge on any atom is -0.493 e. The van der Waals surface area contributed by atoms with Crippen molar-refractivity contribution in [1.82, 2.24) is 5.32 Å². The van der Waals surface area contributed by atoms with E-state index in [1.165, 1.54) is 0 Å². The summed E-state index contributed by atoms with van der Waals surface area (Å²) in [4.78, 5) is 0. The van der Waals surface area contributed by atoms with E-state index >= 15 is 0 Å². The third-order valence-corrected chi connectivity index (χ3v) is 3.35. The molecule has 0 aliphatic rings. The number of methoxy groups -OCH3 is 3. The molecule has 0 aliphatic carbocycles. The fourth-order valence-corrected chi connectivity index (χ4v) is 2.20. The predicted octanol–water partition coefficient (Wildman–Crippen LogP) is 3.16. The molecule has 0 radical (unpaired) electrons. The van der Waals surface area contributed by atoms with Crippen LogP contribution in [0.4, 0.5) is 0 Å². The molecule has 114 valence electrons. The molecule has 1 N–H and O–H groups in total. The van der Waals surface area contributed by atoms with Gasteiger partial charge >= 0.3 is 0 Å². The number of hydrogen-bond acceptors (Lipinski definition) is 5. The van der Waals surface area contributed by atoms with Gasteiger partial charge in [-0.05, 0) is 25.1 Å².